The van der Waals surface area contributed by atoms with Crippen molar-refractivity contribution in [2.24, 2.45) is 0 Å². The van der Waals surface area contributed by atoms with Gasteiger partial charge in [0.1, 0.15) is 0 Å². The van der Waals surface area contributed by atoms with Gasteiger partial charge in [0.15, 0.2) is 0 Å². The Balaban J connectivity index is 1.40. The minimum absolute atomic E-state index is 0.319. The Morgan fingerprint density at radius 2 is 1.96 bits per heavy atom. The number of hydrogen-bond donors (Lipinski definition) is 1. The highest BCUT2D eigenvalue weighted by Crippen LogP contribution is 2.18. The first-order valence-corrected chi connectivity index (χ1v) is 8.71. The molecule has 130 valence electrons. The van der Waals surface area contributed by atoms with Crippen molar-refractivity contribution in [1.29, 1.82) is 0 Å². The second-order valence-corrected chi connectivity index (χ2v) is 6.63. The molecule has 0 amide bonds. The molecule has 1 saturated heterocycles. The number of hydrogen-bond acceptors (Lipinski definition) is 6. The second-order valence-electron chi connectivity index (χ2n) is 6.63. The summed E-state index contributed by atoms with van der Waals surface area (Å²) in [6.45, 7) is 11.6. The third-order valence-electron chi connectivity index (χ3n) is 4.51. The van der Waals surface area contributed by atoms with Crippen LogP contribution < -0.4 is 10.2 Å². The normalized spacial score (nSPS) is 17.0. The minimum atomic E-state index is 0.319. The van der Waals surface area contributed by atoms with E-state index in [-0.39, 0.29) is 0 Å². The lowest BCUT2D eigenvalue weighted by atomic mass is 10.1. The van der Waals surface area contributed by atoms with Gasteiger partial charge in [0.25, 0.3) is 0 Å². The van der Waals surface area contributed by atoms with Gasteiger partial charge in [0.05, 0.1) is 0 Å². The molecule has 6 nitrogen and oxygen atoms in total. The summed E-state index contributed by atoms with van der Waals surface area (Å²) >= 11 is 0. The third-order valence-corrected chi connectivity index (χ3v) is 4.51. The average Bonchev–Trinajstić information content (AvgIpc) is 2.98. The van der Waals surface area contributed by atoms with Gasteiger partial charge in [-0.3, -0.25) is 4.90 Å². The van der Waals surface area contributed by atoms with E-state index < -0.39 is 0 Å². The lowest BCUT2D eigenvalue weighted by Crippen LogP contribution is -2.47. The van der Waals surface area contributed by atoms with E-state index in [4.69, 9.17) is 4.42 Å². The van der Waals surface area contributed by atoms with E-state index in [2.05, 4.69) is 63.4 Å². The Morgan fingerprint density at radius 3 is 2.62 bits per heavy atom. The first-order chi connectivity index (χ1) is 11.6. The van der Waals surface area contributed by atoms with E-state index >= 15 is 0 Å². The molecule has 1 atom stereocenters. The van der Waals surface area contributed by atoms with Crippen LogP contribution in [0.3, 0.4) is 0 Å². The Labute approximate surface area is 143 Å². The molecule has 1 fully saturated rings. The topological polar surface area (TPSA) is 57.4 Å². The summed E-state index contributed by atoms with van der Waals surface area (Å²) in [5.74, 6) is 0.594. The molecular weight excluding hydrogens is 302 g/mol. The van der Waals surface area contributed by atoms with Crippen LogP contribution in [-0.2, 0) is 0 Å². The molecule has 1 aromatic carbocycles. The van der Waals surface area contributed by atoms with E-state index in [0.29, 0.717) is 17.9 Å². The van der Waals surface area contributed by atoms with Crippen molar-refractivity contribution in [1.82, 2.24) is 15.1 Å². The summed E-state index contributed by atoms with van der Waals surface area (Å²) < 4.78 is 5.37. The van der Waals surface area contributed by atoms with Gasteiger partial charge in [-0.2, -0.15) is 0 Å². The van der Waals surface area contributed by atoms with Gasteiger partial charge < -0.3 is 14.6 Å². The molecule has 1 aliphatic rings. The molecule has 1 unspecified atom stereocenters. The summed E-state index contributed by atoms with van der Waals surface area (Å²) in [6, 6.07) is 9.61. The molecule has 3 rings (SSSR count). The zero-order chi connectivity index (χ0) is 16.9. The molecule has 0 spiro atoms. The highest BCUT2D eigenvalue weighted by atomic mass is 16.4. The van der Waals surface area contributed by atoms with E-state index in [1.54, 1.807) is 6.92 Å². The van der Waals surface area contributed by atoms with Gasteiger partial charge in [-0.05, 0) is 38.0 Å². The van der Waals surface area contributed by atoms with E-state index in [9.17, 15) is 0 Å². The number of nitrogens with zero attached hydrogens (tertiary/aromatic N) is 4. The Bertz CT molecular complexity index is 648. The Kier molecular flexibility index (Phi) is 5.35. The number of aryl methyl sites for hydroxylation is 2. The zero-order valence-electron chi connectivity index (χ0n) is 14.8. The highest BCUT2D eigenvalue weighted by molar-refractivity contribution is 5.48. The maximum absolute atomic E-state index is 5.37. The van der Waals surface area contributed by atoms with Crippen molar-refractivity contribution in [3.05, 3.63) is 35.7 Å². The van der Waals surface area contributed by atoms with Crippen LogP contribution in [0.4, 0.5) is 11.7 Å². The number of piperazine rings is 1. The maximum atomic E-state index is 5.37. The largest absolute Gasteiger partial charge is 0.408 e. The van der Waals surface area contributed by atoms with Crippen LogP contribution >= 0.6 is 0 Å². The van der Waals surface area contributed by atoms with Gasteiger partial charge in [0.2, 0.25) is 5.89 Å². The van der Waals surface area contributed by atoms with E-state index in [1.807, 2.05) is 0 Å². The fraction of sp³-hybridized carbons (Fsp3) is 0.556. The number of benzene rings is 1. The van der Waals surface area contributed by atoms with Crippen molar-refractivity contribution in [2.75, 3.05) is 42.9 Å². The maximum Gasteiger partial charge on any atom is 0.315 e. The molecule has 0 radical (unpaired) electrons. The number of rotatable bonds is 6. The van der Waals surface area contributed by atoms with Gasteiger partial charge in [0, 0.05) is 51.4 Å². The SMILES string of the molecule is Cc1cccc(N2CCN(CCC(C)Nc3nnc(C)o3)CC2)c1. The van der Waals surface area contributed by atoms with Crippen LogP contribution in [0.25, 0.3) is 0 Å². The van der Waals surface area contributed by atoms with E-state index in [0.717, 1.165) is 39.1 Å². The average molecular weight is 329 g/mol. The summed E-state index contributed by atoms with van der Waals surface area (Å²) in [5, 5.41) is 11.1. The van der Waals surface area contributed by atoms with Crippen molar-refractivity contribution in [2.45, 2.75) is 33.2 Å². The van der Waals surface area contributed by atoms with E-state index in [1.165, 1.54) is 11.3 Å². The Hall–Kier alpha value is -2.08. The number of nitrogens with one attached hydrogen (secondary N) is 1. The number of aromatic nitrogens is 2. The van der Waals surface area contributed by atoms with Crippen LogP contribution in [0.5, 0.6) is 0 Å². The molecule has 0 aliphatic carbocycles. The Morgan fingerprint density at radius 1 is 1.17 bits per heavy atom. The van der Waals surface area contributed by atoms with Crippen LogP contribution in [0.1, 0.15) is 24.8 Å². The molecule has 6 heteroatoms. The van der Waals surface area contributed by atoms with Crippen molar-refractivity contribution in [3.8, 4) is 0 Å². The molecule has 24 heavy (non-hydrogen) atoms. The molecule has 1 aromatic heterocycles. The third kappa shape index (κ3) is 4.47. The molecule has 2 aromatic rings. The van der Waals surface area contributed by atoms with Crippen LogP contribution in [0.2, 0.25) is 0 Å². The molecule has 2 heterocycles. The van der Waals surface area contributed by atoms with Crippen LogP contribution in [-0.4, -0.2) is 53.9 Å². The van der Waals surface area contributed by atoms with Crippen LogP contribution in [0.15, 0.2) is 28.7 Å². The fourth-order valence-electron chi connectivity index (χ4n) is 3.07. The van der Waals surface area contributed by atoms with Gasteiger partial charge in [-0.15, -0.1) is 5.10 Å². The zero-order valence-corrected chi connectivity index (χ0v) is 14.8. The smallest absolute Gasteiger partial charge is 0.315 e. The van der Waals surface area contributed by atoms with Crippen molar-refractivity contribution in [3.63, 3.8) is 0 Å². The minimum Gasteiger partial charge on any atom is -0.408 e. The number of anilines is 2. The standard InChI is InChI=1S/C18H27N5O/c1-14-5-4-6-17(13-14)23-11-9-22(10-12-23)8-7-15(2)19-18-21-20-16(3)24-18/h4-6,13,15H,7-12H2,1-3H3,(H,19,21). The molecule has 0 bridgehead atoms. The first-order valence-electron chi connectivity index (χ1n) is 8.71. The molecule has 0 saturated carbocycles. The molecule has 1 aliphatic heterocycles. The molecular formula is C18H27N5O. The van der Waals surface area contributed by atoms with Gasteiger partial charge in [-0.1, -0.05) is 17.2 Å². The second kappa shape index (κ2) is 7.66. The lowest BCUT2D eigenvalue weighted by Gasteiger charge is -2.36. The predicted molar refractivity (Wildman–Crippen MR) is 96.6 cm³/mol. The summed E-state index contributed by atoms with van der Waals surface area (Å²) in [6.07, 6.45) is 1.06. The summed E-state index contributed by atoms with van der Waals surface area (Å²) in [5.41, 5.74) is 2.67. The summed E-state index contributed by atoms with van der Waals surface area (Å²) in [7, 11) is 0. The fourth-order valence-corrected chi connectivity index (χ4v) is 3.07. The lowest BCUT2D eigenvalue weighted by molar-refractivity contribution is 0.251. The summed E-state index contributed by atoms with van der Waals surface area (Å²) in [4.78, 5) is 5.01. The van der Waals surface area contributed by atoms with Gasteiger partial charge >= 0.3 is 6.01 Å². The van der Waals surface area contributed by atoms with Crippen molar-refractivity contribution < 1.29 is 4.42 Å². The first kappa shape index (κ1) is 16.8. The van der Waals surface area contributed by atoms with Gasteiger partial charge in [-0.25, -0.2) is 0 Å². The predicted octanol–water partition coefficient (Wildman–Crippen LogP) is 2.70. The quantitative estimate of drug-likeness (QED) is 0.879. The molecule has 1 N–H and O–H groups in total. The van der Waals surface area contributed by atoms with Crippen LogP contribution in [0, 0.1) is 13.8 Å². The van der Waals surface area contributed by atoms with Crippen molar-refractivity contribution >= 4 is 11.7 Å². The monoisotopic (exact) mass is 329 g/mol. The highest BCUT2D eigenvalue weighted by Gasteiger charge is 2.18.